The van der Waals surface area contributed by atoms with Gasteiger partial charge in [0, 0.05) is 11.5 Å². The Morgan fingerprint density at radius 1 is 1.64 bits per heavy atom. The second kappa shape index (κ2) is 3.70. The van der Waals surface area contributed by atoms with E-state index in [4.69, 9.17) is 10.6 Å². The van der Waals surface area contributed by atoms with Gasteiger partial charge >= 0.3 is 0 Å². The van der Waals surface area contributed by atoms with Crippen molar-refractivity contribution in [2.75, 3.05) is 6.61 Å². The second-order valence-corrected chi connectivity index (χ2v) is 3.49. The number of hydrogen-bond donors (Lipinski definition) is 1. The number of nitrogens with two attached hydrogens (primary N) is 1. The molecule has 0 saturated carbocycles. The molecule has 14 heavy (non-hydrogen) atoms. The van der Waals surface area contributed by atoms with Crippen molar-refractivity contribution >= 4 is 6.21 Å². The average Bonchev–Trinajstić information content (AvgIpc) is 2.60. The molecular formula is C11H14N2O. The van der Waals surface area contributed by atoms with E-state index in [-0.39, 0.29) is 0 Å². The number of rotatable bonds is 2. The van der Waals surface area contributed by atoms with Crippen LogP contribution in [-0.2, 0) is 0 Å². The van der Waals surface area contributed by atoms with Gasteiger partial charge in [-0.1, -0.05) is 6.92 Å². The topological polar surface area (TPSA) is 47.6 Å². The summed E-state index contributed by atoms with van der Waals surface area (Å²) in [6, 6.07) is 6.06. The average molecular weight is 190 g/mol. The summed E-state index contributed by atoms with van der Waals surface area (Å²) in [7, 11) is 0. The third-order valence-electron chi connectivity index (χ3n) is 2.63. The van der Waals surface area contributed by atoms with Gasteiger partial charge in [0.25, 0.3) is 0 Å². The van der Waals surface area contributed by atoms with E-state index >= 15 is 0 Å². The highest BCUT2D eigenvalue weighted by Crippen LogP contribution is 2.35. The SMILES string of the molecule is CCC1COc2ccc(/C=N/N)cc21. The summed E-state index contributed by atoms with van der Waals surface area (Å²) in [4.78, 5) is 0. The number of nitrogens with zero attached hydrogens (tertiary/aromatic N) is 1. The van der Waals surface area contributed by atoms with Gasteiger partial charge < -0.3 is 10.6 Å². The predicted molar refractivity (Wildman–Crippen MR) is 56.8 cm³/mol. The van der Waals surface area contributed by atoms with Crippen molar-refractivity contribution in [1.82, 2.24) is 0 Å². The molecule has 0 saturated heterocycles. The van der Waals surface area contributed by atoms with E-state index in [0.29, 0.717) is 5.92 Å². The van der Waals surface area contributed by atoms with Crippen LogP contribution in [-0.4, -0.2) is 12.8 Å². The molecule has 0 bridgehead atoms. The molecule has 0 aromatic heterocycles. The van der Waals surface area contributed by atoms with Crippen molar-refractivity contribution in [1.29, 1.82) is 0 Å². The molecule has 3 nitrogen and oxygen atoms in total. The molecule has 0 spiro atoms. The van der Waals surface area contributed by atoms with Crippen LogP contribution >= 0.6 is 0 Å². The van der Waals surface area contributed by atoms with Gasteiger partial charge in [-0.25, -0.2) is 0 Å². The molecule has 74 valence electrons. The van der Waals surface area contributed by atoms with Gasteiger partial charge in [0.05, 0.1) is 12.8 Å². The summed E-state index contributed by atoms with van der Waals surface area (Å²) < 4.78 is 5.56. The summed E-state index contributed by atoms with van der Waals surface area (Å²) in [6.45, 7) is 2.97. The van der Waals surface area contributed by atoms with Crippen molar-refractivity contribution in [3.8, 4) is 5.75 Å². The Morgan fingerprint density at radius 3 is 3.21 bits per heavy atom. The first-order valence-electron chi connectivity index (χ1n) is 4.85. The first kappa shape index (κ1) is 9.06. The van der Waals surface area contributed by atoms with Crippen LogP contribution in [0.5, 0.6) is 5.75 Å². The summed E-state index contributed by atoms with van der Waals surface area (Å²) in [5.41, 5.74) is 2.32. The molecule has 3 heteroatoms. The fourth-order valence-electron chi connectivity index (χ4n) is 1.80. The second-order valence-electron chi connectivity index (χ2n) is 3.49. The number of fused-ring (bicyclic) bond motifs is 1. The Kier molecular flexibility index (Phi) is 2.39. The molecular weight excluding hydrogens is 176 g/mol. The summed E-state index contributed by atoms with van der Waals surface area (Å²) >= 11 is 0. The van der Waals surface area contributed by atoms with E-state index in [1.165, 1.54) is 5.56 Å². The third-order valence-corrected chi connectivity index (χ3v) is 2.63. The van der Waals surface area contributed by atoms with Gasteiger partial charge in [-0.2, -0.15) is 5.10 Å². The smallest absolute Gasteiger partial charge is 0.122 e. The third kappa shape index (κ3) is 1.45. The van der Waals surface area contributed by atoms with E-state index in [9.17, 15) is 0 Å². The lowest BCUT2D eigenvalue weighted by atomic mass is 9.97. The number of hydrogen-bond acceptors (Lipinski definition) is 3. The zero-order valence-corrected chi connectivity index (χ0v) is 8.23. The quantitative estimate of drug-likeness (QED) is 0.439. The Morgan fingerprint density at radius 2 is 2.50 bits per heavy atom. The molecule has 2 rings (SSSR count). The monoisotopic (exact) mass is 190 g/mol. The Bertz CT molecular complexity index is 360. The first-order chi connectivity index (χ1) is 6.85. The minimum Gasteiger partial charge on any atom is -0.493 e. The molecule has 0 fully saturated rings. The van der Waals surface area contributed by atoms with Crippen molar-refractivity contribution < 1.29 is 4.74 Å². The molecule has 1 atom stereocenters. The van der Waals surface area contributed by atoms with Gasteiger partial charge in [0.2, 0.25) is 0 Å². The lowest BCUT2D eigenvalue weighted by Crippen LogP contribution is -1.98. The maximum Gasteiger partial charge on any atom is 0.122 e. The lowest BCUT2D eigenvalue weighted by Gasteiger charge is -2.04. The number of ether oxygens (including phenoxy) is 1. The molecule has 0 amide bonds. The van der Waals surface area contributed by atoms with Gasteiger partial charge in [-0.3, -0.25) is 0 Å². The highest BCUT2D eigenvalue weighted by atomic mass is 16.5. The van der Waals surface area contributed by atoms with Crippen LogP contribution in [0.1, 0.15) is 30.4 Å². The molecule has 0 radical (unpaired) electrons. The summed E-state index contributed by atoms with van der Waals surface area (Å²) in [5.74, 6) is 6.64. The molecule has 1 aromatic rings. The number of benzene rings is 1. The Labute approximate surface area is 83.6 Å². The first-order valence-corrected chi connectivity index (χ1v) is 4.85. The van der Waals surface area contributed by atoms with Gasteiger partial charge in [0.1, 0.15) is 5.75 Å². The normalized spacial score (nSPS) is 19.6. The standard InChI is InChI=1S/C11H14N2O/c1-2-9-7-14-11-4-3-8(6-13-12)5-10(9)11/h3-6,9H,2,7,12H2,1H3/b13-6+. The Balaban J connectivity index is 2.37. The van der Waals surface area contributed by atoms with E-state index < -0.39 is 0 Å². The maximum absolute atomic E-state index is 5.56. The molecule has 2 N–H and O–H groups in total. The van der Waals surface area contributed by atoms with E-state index in [1.54, 1.807) is 6.21 Å². The van der Waals surface area contributed by atoms with Gasteiger partial charge in [0.15, 0.2) is 0 Å². The minimum atomic E-state index is 0.524. The largest absolute Gasteiger partial charge is 0.493 e. The fraction of sp³-hybridized carbons (Fsp3) is 0.364. The fourth-order valence-corrected chi connectivity index (χ4v) is 1.80. The maximum atomic E-state index is 5.56. The van der Waals surface area contributed by atoms with Crippen LogP contribution in [0, 0.1) is 0 Å². The molecule has 1 aromatic carbocycles. The summed E-state index contributed by atoms with van der Waals surface area (Å²) in [6.07, 6.45) is 2.77. The highest BCUT2D eigenvalue weighted by Gasteiger charge is 2.22. The summed E-state index contributed by atoms with van der Waals surface area (Å²) in [5, 5.41) is 3.52. The van der Waals surface area contributed by atoms with Crippen molar-refractivity contribution in [2.45, 2.75) is 19.3 Å². The number of hydrazone groups is 1. The van der Waals surface area contributed by atoms with E-state index in [0.717, 1.165) is 24.3 Å². The van der Waals surface area contributed by atoms with Crippen LogP contribution < -0.4 is 10.6 Å². The highest BCUT2D eigenvalue weighted by molar-refractivity contribution is 5.80. The molecule has 1 heterocycles. The van der Waals surface area contributed by atoms with Crippen molar-refractivity contribution in [2.24, 2.45) is 10.9 Å². The lowest BCUT2D eigenvalue weighted by molar-refractivity contribution is 0.328. The van der Waals surface area contributed by atoms with Crippen molar-refractivity contribution in [3.63, 3.8) is 0 Å². The molecule has 1 aliphatic heterocycles. The zero-order valence-electron chi connectivity index (χ0n) is 8.23. The van der Waals surface area contributed by atoms with Gasteiger partial charge in [-0.05, 0) is 30.2 Å². The van der Waals surface area contributed by atoms with Gasteiger partial charge in [-0.15, -0.1) is 0 Å². The Hall–Kier alpha value is -1.51. The predicted octanol–water partition coefficient (Wildman–Crippen LogP) is 1.87. The van der Waals surface area contributed by atoms with Crippen LogP contribution in [0.4, 0.5) is 0 Å². The van der Waals surface area contributed by atoms with Crippen LogP contribution in [0.3, 0.4) is 0 Å². The van der Waals surface area contributed by atoms with Crippen LogP contribution in [0.25, 0.3) is 0 Å². The molecule has 0 aliphatic carbocycles. The van der Waals surface area contributed by atoms with E-state index in [2.05, 4.69) is 18.1 Å². The van der Waals surface area contributed by atoms with Crippen LogP contribution in [0.15, 0.2) is 23.3 Å². The zero-order chi connectivity index (χ0) is 9.97. The van der Waals surface area contributed by atoms with Crippen LogP contribution in [0.2, 0.25) is 0 Å². The van der Waals surface area contributed by atoms with E-state index in [1.807, 2.05) is 12.1 Å². The van der Waals surface area contributed by atoms with Crippen molar-refractivity contribution in [3.05, 3.63) is 29.3 Å². The molecule has 1 unspecified atom stereocenters. The molecule has 1 aliphatic rings. The minimum absolute atomic E-state index is 0.524.